The first kappa shape index (κ1) is 19.1. The van der Waals surface area contributed by atoms with Gasteiger partial charge in [0.1, 0.15) is 5.54 Å². The highest BCUT2D eigenvalue weighted by molar-refractivity contribution is 7.98. The Kier molecular flexibility index (Phi) is 4.51. The highest BCUT2D eigenvalue weighted by atomic mass is 32.2. The quantitative estimate of drug-likeness (QED) is 0.741. The smallest absolute Gasteiger partial charge is 0.250 e. The minimum atomic E-state index is -1.14. The number of thioether (sulfide) groups is 1. The lowest BCUT2D eigenvalue weighted by molar-refractivity contribution is -0.145. The van der Waals surface area contributed by atoms with Crippen molar-refractivity contribution in [2.45, 2.75) is 56.7 Å². The number of nitrogens with one attached hydrogen (secondary N) is 2. The van der Waals surface area contributed by atoms with Crippen molar-refractivity contribution in [1.82, 2.24) is 10.2 Å². The number of rotatable bonds is 4. The molecule has 3 amide bonds. The summed E-state index contributed by atoms with van der Waals surface area (Å²) in [6.07, 6.45) is 6.67. The highest BCUT2D eigenvalue weighted by Crippen LogP contribution is 2.54. The molecule has 2 N–H and O–H groups in total. The summed E-state index contributed by atoms with van der Waals surface area (Å²) in [6.45, 7) is 1.96. The van der Waals surface area contributed by atoms with E-state index < -0.39 is 17.4 Å². The highest BCUT2D eigenvalue weighted by Gasteiger charge is 2.70. The average Bonchev–Trinajstić information content (AvgIpc) is 3.44. The summed E-state index contributed by atoms with van der Waals surface area (Å²) in [6, 6.07) is 5.64. The van der Waals surface area contributed by atoms with E-state index in [1.54, 1.807) is 11.8 Å². The Hall–Kier alpha value is -1.86. The van der Waals surface area contributed by atoms with Crippen molar-refractivity contribution in [3.8, 4) is 0 Å². The zero-order chi connectivity index (χ0) is 20.3. The molecule has 2 saturated heterocycles. The molecular formula is C22H27N3O3S. The number of benzene rings is 1. The van der Waals surface area contributed by atoms with Crippen molar-refractivity contribution in [2.24, 2.45) is 11.8 Å². The third-order valence-electron chi connectivity index (χ3n) is 7.32. The van der Waals surface area contributed by atoms with Crippen molar-refractivity contribution >= 4 is 35.2 Å². The fourth-order valence-corrected chi connectivity index (χ4v) is 6.50. The predicted molar refractivity (Wildman–Crippen MR) is 112 cm³/mol. The van der Waals surface area contributed by atoms with Crippen molar-refractivity contribution in [3.05, 3.63) is 29.3 Å². The fraction of sp³-hybridized carbons (Fsp3) is 0.591. The van der Waals surface area contributed by atoms with Gasteiger partial charge in [0.05, 0.1) is 11.8 Å². The number of nitrogens with zero attached hydrogens (tertiary/aromatic N) is 1. The van der Waals surface area contributed by atoms with E-state index in [4.69, 9.17) is 0 Å². The van der Waals surface area contributed by atoms with Gasteiger partial charge >= 0.3 is 0 Å². The number of hydrogen-bond acceptors (Lipinski definition) is 5. The Morgan fingerprint density at radius 2 is 1.93 bits per heavy atom. The Labute approximate surface area is 175 Å². The molecule has 4 aliphatic rings. The van der Waals surface area contributed by atoms with Crippen LogP contribution in [-0.4, -0.2) is 46.7 Å². The van der Waals surface area contributed by atoms with Crippen LogP contribution in [-0.2, 0) is 19.9 Å². The van der Waals surface area contributed by atoms with E-state index >= 15 is 0 Å². The minimum Gasteiger partial charge on any atom is -0.324 e. The van der Waals surface area contributed by atoms with Crippen LogP contribution in [0.2, 0.25) is 0 Å². The molecule has 5 rings (SSSR count). The van der Waals surface area contributed by atoms with Gasteiger partial charge < -0.3 is 5.32 Å². The van der Waals surface area contributed by atoms with Crippen LogP contribution >= 0.6 is 11.8 Å². The molecular weight excluding hydrogens is 386 g/mol. The second-order valence-corrected chi connectivity index (χ2v) is 9.77. The molecule has 2 unspecified atom stereocenters. The lowest BCUT2D eigenvalue weighted by Gasteiger charge is -2.31. The third kappa shape index (κ3) is 2.49. The monoisotopic (exact) mass is 413 g/mol. The van der Waals surface area contributed by atoms with Crippen LogP contribution in [0.4, 0.5) is 5.69 Å². The Balaban J connectivity index is 1.63. The van der Waals surface area contributed by atoms with Crippen LogP contribution in [0.1, 0.15) is 43.2 Å². The van der Waals surface area contributed by atoms with E-state index in [9.17, 15) is 14.4 Å². The molecule has 1 aromatic rings. The van der Waals surface area contributed by atoms with Gasteiger partial charge in [0, 0.05) is 23.3 Å². The van der Waals surface area contributed by atoms with Gasteiger partial charge in [-0.25, -0.2) is 0 Å². The summed E-state index contributed by atoms with van der Waals surface area (Å²) < 4.78 is 0. The molecule has 3 heterocycles. The molecule has 6 nitrogen and oxygen atoms in total. The second-order valence-electron chi connectivity index (χ2n) is 8.78. The largest absolute Gasteiger partial charge is 0.324 e. The second kappa shape index (κ2) is 6.84. The molecule has 3 fully saturated rings. The first-order valence-electron chi connectivity index (χ1n) is 10.6. The minimum absolute atomic E-state index is 0.000273. The number of fused-ring (bicyclic) bond motifs is 4. The molecule has 29 heavy (non-hydrogen) atoms. The van der Waals surface area contributed by atoms with Crippen molar-refractivity contribution in [1.29, 1.82) is 0 Å². The molecule has 4 atom stereocenters. The number of imide groups is 1. The average molecular weight is 414 g/mol. The number of carbonyl (C=O) groups excluding carboxylic acids is 3. The number of carbonyl (C=O) groups is 3. The zero-order valence-electron chi connectivity index (χ0n) is 16.9. The Bertz CT molecular complexity index is 897. The maximum Gasteiger partial charge on any atom is 0.250 e. The van der Waals surface area contributed by atoms with Gasteiger partial charge in [-0.1, -0.05) is 31.0 Å². The first-order chi connectivity index (χ1) is 14.0. The number of amides is 3. The number of para-hydroxylation sites is 1. The molecule has 1 aromatic carbocycles. The van der Waals surface area contributed by atoms with E-state index in [1.165, 1.54) is 4.90 Å². The van der Waals surface area contributed by atoms with Crippen LogP contribution < -0.4 is 10.6 Å². The van der Waals surface area contributed by atoms with Crippen molar-refractivity contribution in [2.75, 3.05) is 17.3 Å². The first-order valence-corrected chi connectivity index (χ1v) is 11.9. The number of anilines is 1. The molecule has 3 aliphatic heterocycles. The zero-order valence-corrected chi connectivity index (χ0v) is 17.7. The number of aryl methyl sites for hydroxylation is 1. The van der Waals surface area contributed by atoms with Gasteiger partial charge in [0.15, 0.2) is 0 Å². The predicted octanol–water partition coefficient (Wildman–Crippen LogP) is 2.41. The van der Waals surface area contributed by atoms with Gasteiger partial charge in [-0.2, -0.15) is 11.8 Å². The Morgan fingerprint density at radius 1 is 1.17 bits per heavy atom. The van der Waals surface area contributed by atoms with E-state index in [-0.39, 0.29) is 29.8 Å². The summed E-state index contributed by atoms with van der Waals surface area (Å²) in [5.41, 5.74) is 1.44. The normalized spacial score (nSPS) is 33.7. The van der Waals surface area contributed by atoms with Gasteiger partial charge in [-0.05, 0) is 43.8 Å². The van der Waals surface area contributed by atoms with Gasteiger partial charge in [-0.3, -0.25) is 24.6 Å². The van der Waals surface area contributed by atoms with Crippen LogP contribution in [0.3, 0.4) is 0 Å². The lowest BCUT2D eigenvalue weighted by atomic mass is 9.76. The molecule has 0 bridgehead atoms. The summed E-state index contributed by atoms with van der Waals surface area (Å²) in [5, 5.41) is 6.53. The van der Waals surface area contributed by atoms with Gasteiger partial charge in [0.25, 0.3) is 0 Å². The maximum atomic E-state index is 13.7. The number of likely N-dealkylation sites (tertiary alicyclic amines) is 1. The molecule has 0 aromatic heterocycles. The Morgan fingerprint density at radius 3 is 2.66 bits per heavy atom. The summed E-state index contributed by atoms with van der Waals surface area (Å²) in [7, 11) is 0. The SMILES string of the molecule is CSCCC1NC2(C(=O)Nc3c(C)cccc32)[C@@H]2C(=O)N(C3CCCC3)C(=O)[C@H]12. The molecule has 1 saturated carbocycles. The molecule has 0 radical (unpaired) electrons. The molecule has 154 valence electrons. The van der Waals surface area contributed by atoms with E-state index in [0.717, 1.165) is 54.7 Å². The summed E-state index contributed by atoms with van der Waals surface area (Å²) >= 11 is 1.72. The topological polar surface area (TPSA) is 78.5 Å². The molecule has 1 aliphatic carbocycles. The third-order valence-corrected chi connectivity index (χ3v) is 7.96. The fourth-order valence-electron chi connectivity index (χ4n) is 6.01. The number of hydrogen-bond donors (Lipinski definition) is 2. The van der Waals surface area contributed by atoms with E-state index in [0.29, 0.717) is 0 Å². The summed E-state index contributed by atoms with van der Waals surface area (Å²) in [4.78, 5) is 42.1. The van der Waals surface area contributed by atoms with E-state index in [2.05, 4.69) is 10.6 Å². The van der Waals surface area contributed by atoms with Crippen LogP contribution in [0.25, 0.3) is 0 Å². The van der Waals surface area contributed by atoms with E-state index in [1.807, 2.05) is 31.4 Å². The summed E-state index contributed by atoms with van der Waals surface area (Å²) in [5.74, 6) is -0.674. The molecule has 7 heteroatoms. The standard InChI is InChI=1S/C22H27N3O3S/c1-12-6-5-9-14-18(12)23-21(28)22(14)17-16(15(24-22)10-11-29-2)19(26)25(20(17)27)13-7-3-4-8-13/h5-6,9,13,15-17,24H,3-4,7-8,10-11H2,1-2H3,(H,23,28)/t15?,16-,17+,22?/m1/s1. The van der Waals surface area contributed by atoms with Crippen LogP contribution in [0.5, 0.6) is 0 Å². The lowest BCUT2D eigenvalue weighted by Crippen LogP contribution is -2.54. The van der Waals surface area contributed by atoms with Crippen LogP contribution in [0, 0.1) is 18.8 Å². The van der Waals surface area contributed by atoms with Crippen molar-refractivity contribution < 1.29 is 14.4 Å². The van der Waals surface area contributed by atoms with Gasteiger partial charge in [-0.15, -0.1) is 0 Å². The molecule has 1 spiro atoms. The van der Waals surface area contributed by atoms with Crippen LogP contribution in [0.15, 0.2) is 18.2 Å². The maximum absolute atomic E-state index is 13.7. The van der Waals surface area contributed by atoms with Crippen molar-refractivity contribution in [3.63, 3.8) is 0 Å². The van der Waals surface area contributed by atoms with Gasteiger partial charge in [0.2, 0.25) is 17.7 Å².